The van der Waals surface area contributed by atoms with Crippen LogP contribution in [0.1, 0.15) is 100.0 Å². The molecule has 0 nitrogen and oxygen atoms in total. The maximum atomic E-state index is 12.8. The van der Waals surface area contributed by atoms with Gasteiger partial charge < -0.3 is 0 Å². The van der Waals surface area contributed by atoms with E-state index in [0.29, 0.717) is 12.0 Å². The van der Waals surface area contributed by atoms with Crippen molar-refractivity contribution in [2.45, 2.75) is 98.1 Å². The number of unbranched alkanes of at least 4 members (excludes halogenated alkanes) is 6. The van der Waals surface area contributed by atoms with Crippen LogP contribution in [0.5, 0.6) is 0 Å². The number of benzene rings is 2. The molecule has 2 aromatic rings. The molecular weight excluding hydrogens is 381 g/mol. The maximum absolute atomic E-state index is 12.8. The molecule has 0 bridgehead atoms. The van der Waals surface area contributed by atoms with Crippen LogP contribution in [0.2, 0.25) is 0 Å². The molecule has 2 rings (SSSR count). The summed E-state index contributed by atoms with van der Waals surface area (Å²) in [6.07, 6.45) is 7.99. The first-order valence-electron chi connectivity index (χ1n) is 11.6. The summed E-state index contributed by atoms with van der Waals surface area (Å²) in [4.78, 5) is 0. The van der Waals surface area contributed by atoms with E-state index in [1.807, 2.05) is 12.1 Å². The Balaban J connectivity index is 0.000000553. The van der Waals surface area contributed by atoms with E-state index in [2.05, 4.69) is 32.9 Å². The molecule has 0 fully saturated rings. The number of rotatable bonds is 10. The summed E-state index contributed by atoms with van der Waals surface area (Å²) >= 11 is 0. The van der Waals surface area contributed by atoms with Gasteiger partial charge in [-0.2, -0.15) is 13.2 Å². The van der Waals surface area contributed by atoms with Gasteiger partial charge in [-0.1, -0.05) is 96.0 Å². The van der Waals surface area contributed by atoms with E-state index in [-0.39, 0.29) is 0 Å². The van der Waals surface area contributed by atoms with Crippen molar-refractivity contribution in [1.29, 1.82) is 0 Å². The molecule has 0 aliphatic rings. The monoisotopic (exact) mass is 420 g/mol. The van der Waals surface area contributed by atoms with Gasteiger partial charge in [0.2, 0.25) is 0 Å². The first-order valence-corrected chi connectivity index (χ1v) is 11.6. The van der Waals surface area contributed by atoms with E-state index < -0.39 is 11.7 Å². The van der Waals surface area contributed by atoms with Crippen molar-refractivity contribution in [3.05, 3.63) is 70.3 Å². The Bertz CT molecular complexity index is 712. The summed E-state index contributed by atoms with van der Waals surface area (Å²) in [5, 5.41) is 0. The number of halogens is 3. The number of alkyl halides is 3. The molecule has 30 heavy (non-hydrogen) atoms. The standard InChI is InChI=1S/C20H23F3.C7H16/c1-3-4-5-8-16-9-6-7-10-18(16)14-17-11-12-19(13-15(17)2)20(21,22)23;1-3-5-7-6-4-2/h6-7,9-13H,3-5,8,14H2,1-2H3;3-7H2,1-2H3. The van der Waals surface area contributed by atoms with Crippen LogP contribution in [0, 0.1) is 6.92 Å². The smallest absolute Gasteiger partial charge is 0.166 e. The summed E-state index contributed by atoms with van der Waals surface area (Å²) in [5.41, 5.74) is 3.60. The van der Waals surface area contributed by atoms with E-state index in [1.165, 1.54) is 68.2 Å². The fraction of sp³-hybridized carbons (Fsp3) is 0.556. The zero-order chi connectivity index (χ0) is 22.4. The Morgan fingerprint density at radius 1 is 0.667 bits per heavy atom. The van der Waals surface area contributed by atoms with E-state index in [1.54, 1.807) is 13.0 Å². The highest BCUT2D eigenvalue weighted by Gasteiger charge is 2.30. The molecule has 0 unspecified atom stereocenters. The van der Waals surface area contributed by atoms with Crippen molar-refractivity contribution in [3.63, 3.8) is 0 Å². The van der Waals surface area contributed by atoms with Crippen LogP contribution in [0.15, 0.2) is 42.5 Å². The third kappa shape index (κ3) is 9.82. The second kappa shape index (κ2) is 14.3. The molecule has 168 valence electrons. The van der Waals surface area contributed by atoms with Crippen molar-refractivity contribution in [2.24, 2.45) is 0 Å². The fourth-order valence-corrected chi connectivity index (χ4v) is 3.49. The maximum Gasteiger partial charge on any atom is 0.416 e. The third-order valence-corrected chi connectivity index (χ3v) is 5.43. The lowest BCUT2D eigenvalue weighted by atomic mass is 9.93. The van der Waals surface area contributed by atoms with Gasteiger partial charge >= 0.3 is 6.18 Å². The number of aryl methyl sites for hydroxylation is 2. The average molecular weight is 421 g/mol. The lowest BCUT2D eigenvalue weighted by Gasteiger charge is -2.13. The van der Waals surface area contributed by atoms with E-state index in [4.69, 9.17) is 0 Å². The lowest BCUT2D eigenvalue weighted by molar-refractivity contribution is -0.137. The highest BCUT2D eigenvalue weighted by Crippen LogP contribution is 2.31. The van der Waals surface area contributed by atoms with E-state index in [0.717, 1.165) is 18.4 Å². The van der Waals surface area contributed by atoms with Gasteiger partial charge in [0, 0.05) is 0 Å². The van der Waals surface area contributed by atoms with E-state index in [9.17, 15) is 13.2 Å². The second-order valence-electron chi connectivity index (χ2n) is 8.10. The van der Waals surface area contributed by atoms with Crippen LogP contribution in [-0.2, 0) is 19.0 Å². The van der Waals surface area contributed by atoms with Gasteiger partial charge in [0.15, 0.2) is 0 Å². The summed E-state index contributed by atoms with van der Waals surface area (Å²) in [6.45, 7) is 8.42. The Kier molecular flexibility index (Phi) is 12.5. The van der Waals surface area contributed by atoms with Gasteiger partial charge in [0.25, 0.3) is 0 Å². The molecule has 0 saturated heterocycles. The second-order valence-corrected chi connectivity index (χ2v) is 8.10. The summed E-state index contributed by atoms with van der Waals surface area (Å²) in [5.74, 6) is 0. The van der Waals surface area contributed by atoms with Gasteiger partial charge in [-0.05, 0) is 60.6 Å². The minimum Gasteiger partial charge on any atom is -0.166 e. The number of hydrogen-bond donors (Lipinski definition) is 0. The molecule has 0 heterocycles. The summed E-state index contributed by atoms with van der Waals surface area (Å²) in [6, 6.07) is 12.3. The Morgan fingerprint density at radius 2 is 1.23 bits per heavy atom. The molecule has 0 aliphatic carbocycles. The largest absolute Gasteiger partial charge is 0.416 e. The van der Waals surface area contributed by atoms with Crippen LogP contribution in [0.4, 0.5) is 13.2 Å². The van der Waals surface area contributed by atoms with Crippen LogP contribution < -0.4 is 0 Å². The Hall–Kier alpha value is -1.77. The van der Waals surface area contributed by atoms with Crippen LogP contribution >= 0.6 is 0 Å². The zero-order valence-corrected chi connectivity index (χ0v) is 19.2. The van der Waals surface area contributed by atoms with Crippen molar-refractivity contribution >= 4 is 0 Å². The molecule has 0 saturated carbocycles. The van der Waals surface area contributed by atoms with Crippen molar-refractivity contribution in [1.82, 2.24) is 0 Å². The van der Waals surface area contributed by atoms with Gasteiger partial charge in [-0.25, -0.2) is 0 Å². The molecular formula is C27H39F3. The third-order valence-electron chi connectivity index (χ3n) is 5.43. The summed E-state index contributed by atoms with van der Waals surface area (Å²) < 4.78 is 38.3. The topological polar surface area (TPSA) is 0 Å². The minimum absolute atomic E-state index is 0.574. The Morgan fingerprint density at radius 3 is 1.77 bits per heavy atom. The SMILES string of the molecule is CCCCCCC.CCCCCc1ccccc1Cc1ccc(C(F)(F)F)cc1C. The van der Waals surface area contributed by atoms with Crippen LogP contribution in [0.25, 0.3) is 0 Å². The molecule has 0 aliphatic heterocycles. The first-order chi connectivity index (χ1) is 14.3. The number of hydrogen-bond acceptors (Lipinski definition) is 0. The minimum atomic E-state index is -4.28. The van der Waals surface area contributed by atoms with Gasteiger partial charge in [-0.15, -0.1) is 0 Å². The molecule has 0 amide bonds. The first kappa shape index (κ1) is 26.3. The van der Waals surface area contributed by atoms with Crippen LogP contribution in [-0.4, -0.2) is 0 Å². The van der Waals surface area contributed by atoms with Crippen LogP contribution in [0.3, 0.4) is 0 Å². The summed E-state index contributed by atoms with van der Waals surface area (Å²) in [7, 11) is 0. The van der Waals surface area contributed by atoms with E-state index >= 15 is 0 Å². The average Bonchev–Trinajstić information content (AvgIpc) is 2.71. The quantitative estimate of drug-likeness (QED) is 0.336. The molecule has 0 aromatic heterocycles. The predicted octanol–water partition coefficient (Wildman–Crippen LogP) is 9.31. The highest BCUT2D eigenvalue weighted by molar-refractivity contribution is 5.38. The van der Waals surface area contributed by atoms with Crippen molar-refractivity contribution < 1.29 is 13.2 Å². The molecule has 0 atom stereocenters. The van der Waals surface area contributed by atoms with Gasteiger partial charge in [0.05, 0.1) is 5.56 Å². The Labute approximate surface area is 181 Å². The lowest BCUT2D eigenvalue weighted by Crippen LogP contribution is -2.06. The molecule has 3 heteroatoms. The van der Waals surface area contributed by atoms with Crippen molar-refractivity contribution in [3.8, 4) is 0 Å². The predicted molar refractivity (Wildman–Crippen MR) is 123 cm³/mol. The molecule has 0 radical (unpaired) electrons. The molecule has 2 aromatic carbocycles. The molecule has 0 spiro atoms. The highest BCUT2D eigenvalue weighted by atomic mass is 19.4. The van der Waals surface area contributed by atoms with Gasteiger partial charge in [0.1, 0.15) is 0 Å². The van der Waals surface area contributed by atoms with Gasteiger partial charge in [-0.3, -0.25) is 0 Å². The fourth-order valence-electron chi connectivity index (χ4n) is 3.49. The molecule has 0 N–H and O–H groups in total. The van der Waals surface area contributed by atoms with Crippen molar-refractivity contribution in [2.75, 3.05) is 0 Å². The zero-order valence-electron chi connectivity index (χ0n) is 19.2. The normalized spacial score (nSPS) is 11.2.